The number of sulfone groups is 1. The van der Waals surface area contributed by atoms with Crippen molar-refractivity contribution in [1.82, 2.24) is 5.32 Å². The van der Waals surface area contributed by atoms with Gasteiger partial charge in [0.2, 0.25) is 9.84 Å². The molecule has 1 aromatic rings. The van der Waals surface area contributed by atoms with E-state index in [0.717, 1.165) is 0 Å². The van der Waals surface area contributed by atoms with Gasteiger partial charge >= 0.3 is 11.7 Å². The van der Waals surface area contributed by atoms with E-state index < -0.39 is 33.2 Å². The fourth-order valence-electron chi connectivity index (χ4n) is 1.59. The summed E-state index contributed by atoms with van der Waals surface area (Å²) >= 11 is 0. The average molecular weight is 335 g/mol. The maximum Gasteiger partial charge on any atom is 0.337 e. The van der Waals surface area contributed by atoms with Gasteiger partial charge in [-0.1, -0.05) is 12.1 Å². The van der Waals surface area contributed by atoms with E-state index >= 15 is 0 Å². The summed E-state index contributed by atoms with van der Waals surface area (Å²) in [7, 11) is -4.50. The highest BCUT2D eigenvalue weighted by Gasteiger charge is 2.24. The number of amides is 1. The van der Waals surface area contributed by atoms with Crippen LogP contribution in [-0.4, -0.2) is 37.7 Å². The highest BCUT2D eigenvalue weighted by molar-refractivity contribution is 7.90. The normalized spacial score (nSPS) is 11.4. The fraction of sp³-hybridized carbons (Fsp3) is 0.385. The Morgan fingerprint density at radius 2 is 1.77 bits per heavy atom. The van der Waals surface area contributed by atoms with Gasteiger partial charge < -0.3 is 10.4 Å². The third-order valence-corrected chi connectivity index (χ3v) is 3.99. The van der Waals surface area contributed by atoms with Crippen LogP contribution in [0.1, 0.15) is 28.8 Å². The number of benzene rings is 1. The average Bonchev–Trinajstić information content (AvgIpc) is 2.43. The van der Waals surface area contributed by atoms with Crippen molar-refractivity contribution >= 4 is 21.7 Å². The minimum Gasteiger partial charge on any atom is -0.481 e. The molecule has 6 nitrogen and oxygen atoms in total. The van der Waals surface area contributed by atoms with E-state index in [1.54, 1.807) is 0 Å². The highest BCUT2D eigenvalue weighted by Crippen LogP contribution is 2.14. The maximum absolute atomic E-state index is 12.2. The van der Waals surface area contributed by atoms with Crippen molar-refractivity contribution < 1.29 is 31.9 Å². The molecule has 0 unspecified atom stereocenters. The Bertz CT molecular complexity index is 628. The SMILES string of the molecule is O=C(O)CCCNC(=O)c1ccc(CS(=O)(=O)C(F)F)cc1. The number of aliphatic carboxylic acids is 1. The van der Waals surface area contributed by atoms with Crippen LogP contribution >= 0.6 is 0 Å². The predicted octanol–water partition coefficient (Wildman–Crippen LogP) is 1.42. The molecule has 1 amide bonds. The van der Waals surface area contributed by atoms with Crippen LogP contribution in [0.15, 0.2) is 24.3 Å². The smallest absolute Gasteiger partial charge is 0.337 e. The lowest BCUT2D eigenvalue weighted by atomic mass is 10.1. The van der Waals surface area contributed by atoms with Gasteiger partial charge in [-0.05, 0) is 24.1 Å². The minimum absolute atomic E-state index is 0.0648. The van der Waals surface area contributed by atoms with Crippen molar-refractivity contribution in [3.05, 3.63) is 35.4 Å². The van der Waals surface area contributed by atoms with Gasteiger partial charge in [0.1, 0.15) is 0 Å². The van der Waals surface area contributed by atoms with Crippen molar-refractivity contribution in [1.29, 1.82) is 0 Å². The summed E-state index contributed by atoms with van der Waals surface area (Å²) in [4.78, 5) is 22.0. The maximum atomic E-state index is 12.2. The zero-order valence-corrected chi connectivity index (χ0v) is 12.3. The lowest BCUT2D eigenvalue weighted by Gasteiger charge is -2.06. The number of hydrogen-bond acceptors (Lipinski definition) is 4. The highest BCUT2D eigenvalue weighted by atomic mass is 32.2. The quantitative estimate of drug-likeness (QED) is 0.700. The number of hydrogen-bond donors (Lipinski definition) is 2. The first-order chi connectivity index (χ1) is 10.2. The van der Waals surface area contributed by atoms with Gasteiger partial charge in [0.25, 0.3) is 5.91 Å². The Kier molecular flexibility index (Phi) is 6.41. The number of carbonyl (C=O) groups excluding carboxylic acids is 1. The van der Waals surface area contributed by atoms with E-state index in [-0.39, 0.29) is 30.5 Å². The number of carboxylic acids is 1. The molecule has 0 aromatic heterocycles. The molecule has 9 heteroatoms. The van der Waals surface area contributed by atoms with Gasteiger partial charge in [0.05, 0.1) is 5.75 Å². The molecule has 0 atom stereocenters. The topological polar surface area (TPSA) is 101 Å². The van der Waals surface area contributed by atoms with Crippen molar-refractivity contribution in [2.75, 3.05) is 6.54 Å². The van der Waals surface area contributed by atoms with Crippen LogP contribution in [0.5, 0.6) is 0 Å². The summed E-state index contributed by atoms with van der Waals surface area (Å²) in [6.45, 7) is 0.187. The molecule has 122 valence electrons. The Morgan fingerprint density at radius 3 is 2.27 bits per heavy atom. The van der Waals surface area contributed by atoms with Crippen LogP contribution < -0.4 is 5.32 Å². The van der Waals surface area contributed by atoms with E-state index in [4.69, 9.17) is 5.11 Å². The van der Waals surface area contributed by atoms with Gasteiger partial charge in [-0.25, -0.2) is 8.42 Å². The summed E-state index contributed by atoms with van der Waals surface area (Å²) < 4.78 is 46.6. The molecule has 0 fully saturated rings. The molecule has 0 saturated carbocycles. The van der Waals surface area contributed by atoms with Crippen LogP contribution in [0.4, 0.5) is 8.78 Å². The molecule has 0 aliphatic rings. The molecule has 0 aliphatic carbocycles. The Labute approximate surface area is 126 Å². The van der Waals surface area contributed by atoms with Gasteiger partial charge in [-0.2, -0.15) is 8.78 Å². The summed E-state index contributed by atoms with van der Waals surface area (Å²) in [6, 6.07) is 5.21. The molecule has 0 spiro atoms. The van der Waals surface area contributed by atoms with E-state index in [0.29, 0.717) is 0 Å². The lowest BCUT2D eigenvalue weighted by Crippen LogP contribution is -2.24. The molecule has 1 rings (SSSR count). The Hall–Kier alpha value is -2.03. The molecule has 0 radical (unpaired) electrons. The zero-order valence-electron chi connectivity index (χ0n) is 11.5. The summed E-state index contributed by atoms with van der Waals surface area (Å²) in [5.41, 5.74) is 0.385. The molecule has 0 saturated heterocycles. The standard InChI is InChI=1S/C13H15F2NO5S/c14-13(15)22(20,21)8-9-3-5-10(6-4-9)12(19)16-7-1-2-11(17)18/h3-6,13H,1-2,7-8H2,(H,16,19)(H,17,18). The third kappa shape index (κ3) is 5.76. The second-order valence-corrected chi connectivity index (χ2v) is 6.49. The van der Waals surface area contributed by atoms with Crippen LogP contribution in [0, 0.1) is 0 Å². The number of carbonyl (C=O) groups is 2. The van der Waals surface area contributed by atoms with E-state index in [1.807, 2.05) is 0 Å². The second kappa shape index (κ2) is 7.83. The van der Waals surface area contributed by atoms with Gasteiger partial charge in [0, 0.05) is 18.5 Å². The number of nitrogens with one attached hydrogen (secondary N) is 1. The molecule has 0 bridgehead atoms. The van der Waals surface area contributed by atoms with Crippen LogP contribution in [0.3, 0.4) is 0 Å². The van der Waals surface area contributed by atoms with Crippen molar-refractivity contribution in [3.63, 3.8) is 0 Å². The van der Waals surface area contributed by atoms with Gasteiger partial charge in [0.15, 0.2) is 0 Å². The molecule has 1 aromatic carbocycles. The van der Waals surface area contributed by atoms with Crippen molar-refractivity contribution in [2.45, 2.75) is 24.4 Å². The van der Waals surface area contributed by atoms with Crippen molar-refractivity contribution in [2.24, 2.45) is 0 Å². The molecule has 0 heterocycles. The zero-order chi connectivity index (χ0) is 16.8. The number of rotatable bonds is 8. The first-order valence-corrected chi connectivity index (χ1v) is 8.02. The largest absolute Gasteiger partial charge is 0.481 e. The molecule has 2 N–H and O–H groups in total. The van der Waals surface area contributed by atoms with E-state index in [9.17, 15) is 26.8 Å². The summed E-state index contributed by atoms with van der Waals surface area (Å²) in [5.74, 6) is -5.65. The number of halogens is 2. The summed E-state index contributed by atoms with van der Waals surface area (Å²) in [6.07, 6.45) is 0.219. The number of carboxylic acid groups (broad SMARTS) is 1. The Morgan fingerprint density at radius 1 is 1.18 bits per heavy atom. The fourth-order valence-corrected chi connectivity index (χ4v) is 2.37. The lowest BCUT2D eigenvalue weighted by molar-refractivity contribution is -0.137. The predicted molar refractivity (Wildman–Crippen MR) is 74.3 cm³/mol. The van der Waals surface area contributed by atoms with E-state index in [2.05, 4.69) is 5.32 Å². The van der Waals surface area contributed by atoms with Crippen molar-refractivity contribution in [3.8, 4) is 0 Å². The van der Waals surface area contributed by atoms with Gasteiger partial charge in [-0.3, -0.25) is 9.59 Å². The molecular formula is C13H15F2NO5S. The van der Waals surface area contributed by atoms with Crippen LogP contribution in [0.25, 0.3) is 0 Å². The summed E-state index contributed by atoms with van der Waals surface area (Å²) in [5, 5.41) is 10.9. The first-order valence-electron chi connectivity index (χ1n) is 6.31. The minimum atomic E-state index is -4.50. The van der Waals surface area contributed by atoms with Gasteiger partial charge in [-0.15, -0.1) is 0 Å². The molecule has 22 heavy (non-hydrogen) atoms. The first kappa shape index (κ1) is 18.0. The molecule has 0 aliphatic heterocycles. The Balaban J connectivity index is 2.57. The second-order valence-electron chi connectivity index (χ2n) is 4.52. The third-order valence-electron chi connectivity index (χ3n) is 2.71. The monoisotopic (exact) mass is 335 g/mol. The number of alkyl halides is 2. The van der Waals surface area contributed by atoms with E-state index in [1.165, 1.54) is 24.3 Å². The van der Waals surface area contributed by atoms with Crippen LogP contribution in [0.2, 0.25) is 0 Å². The van der Waals surface area contributed by atoms with Crippen LogP contribution in [-0.2, 0) is 20.4 Å². The molecular weight excluding hydrogens is 320 g/mol.